The number of benzene rings is 4. The second-order valence-corrected chi connectivity index (χ2v) is 17.5. The van der Waals surface area contributed by atoms with Crippen LogP contribution in [-0.4, -0.2) is 59.9 Å². The zero-order valence-corrected chi connectivity index (χ0v) is 40.7. The highest BCUT2D eigenvalue weighted by Gasteiger charge is 2.31. The maximum atomic E-state index is 14.3. The lowest BCUT2D eigenvalue weighted by Gasteiger charge is -2.26. The third-order valence-corrected chi connectivity index (χ3v) is 11.9. The molecule has 12 heteroatoms. The second kappa shape index (κ2) is 30.9. The average molecular weight is 931 g/mol. The van der Waals surface area contributed by atoms with Crippen LogP contribution in [0.5, 0.6) is 23.0 Å². The molecule has 0 aliphatic rings. The summed E-state index contributed by atoms with van der Waals surface area (Å²) in [7, 11) is 0. The van der Waals surface area contributed by atoms with Crippen molar-refractivity contribution in [2.24, 2.45) is 5.92 Å². The van der Waals surface area contributed by atoms with Crippen LogP contribution < -0.4 is 30.7 Å². The van der Waals surface area contributed by atoms with Gasteiger partial charge in [-0.1, -0.05) is 122 Å². The lowest BCUT2D eigenvalue weighted by atomic mass is 9.90. The van der Waals surface area contributed by atoms with Crippen LogP contribution in [-0.2, 0) is 19.2 Å². The first-order valence-electron chi connectivity index (χ1n) is 25.0. The minimum atomic E-state index is -1.01. The van der Waals surface area contributed by atoms with E-state index in [0.29, 0.717) is 85.6 Å². The fourth-order valence-electron chi connectivity index (χ4n) is 7.87. The number of carbonyl (C=O) groups is 6. The standard InChI is InChI=1S/C56H74N4O8/c1-5-9-14-23-43(55(65)58-48(51(61)8-4)28-15-10-6-2)40-52(62)49(29-16-11-7-3)59-56(66)50(60-54(64)42-33-37-47(38-34-42)68-45-26-19-13-20-27-45)30-21-22-39-57-53(63)41-31-35-46(36-32-41)67-44-24-17-12-18-25-44/h12-13,17-20,24-27,31-38,43,48-50H,5-11,14-16,21-23,28-30,39-40H2,1-4H3,(H,57,63)(H,58,65)(H,59,66)(H,60,64)/t43-,48+,49+,50+/m1/s1. The SMILES string of the molecule is CCCCC[C@H](CC(=O)[C@H](CCCCC)NC(=O)[C@H](CCCCNC(=O)c1ccc(Oc2ccccc2)cc1)NC(=O)c1ccc(Oc2ccccc2)cc1)C(=O)N[C@@H](CCCCC)C(=O)CC. The van der Waals surface area contributed by atoms with Crippen molar-refractivity contribution in [2.45, 2.75) is 155 Å². The molecular weight excluding hydrogens is 857 g/mol. The zero-order chi connectivity index (χ0) is 48.9. The van der Waals surface area contributed by atoms with Crippen LogP contribution in [0.4, 0.5) is 0 Å². The summed E-state index contributed by atoms with van der Waals surface area (Å²) in [6.07, 6.45) is 10.7. The number of rotatable bonds is 33. The van der Waals surface area contributed by atoms with Gasteiger partial charge in [0, 0.05) is 36.4 Å². The molecule has 366 valence electrons. The summed E-state index contributed by atoms with van der Waals surface area (Å²) in [6.45, 7) is 8.35. The maximum Gasteiger partial charge on any atom is 0.251 e. The number of carbonyl (C=O) groups excluding carboxylic acids is 6. The van der Waals surface area contributed by atoms with Crippen molar-refractivity contribution in [1.82, 2.24) is 21.3 Å². The molecule has 0 heterocycles. The van der Waals surface area contributed by atoms with Crippen molar-refractivity contribution >= 4 is 35.2 Å². The van der Waals surface area contributed by atoms with Gasteiger partial charge in [0.2, 0.25) is 11.8 Å². The van der Waals surface area contributed by atoms with Gasteiger partial charge in [0.05, 0.1) is 12.1 Å². The Morgan fingerprint density at radius 2 is 0.853 bits per heavy atom. The van der Waals surface area contributed by atoms with E-state index in [1.807, 2.05) is 60.7 Å². The molecule has 4 amide bonds. The average Bonchev–Trinajstić information content (AvgIpc) is 3.35. The molecule has 0 aromatic heterocycles. The number of hydrogen-bond donors (Lipinski definition) is 4. The monoisotopic (exact) mass is 931 g/mol. The van der Waals surface area contributed by atoms with Gasteiger partial charge in [0.1, 0.15) is 29.0 Å². The number of ketones is 2. The molecule has 4 aromatic carbocycles. The fourth-order valence-corrected chi connectivity index (χ4v) is 7.87. The number of unbranched alkanes of at least 4 members (excludes halogenated alkanes) is 7. The molecule has 0 bridgehead atoms. The van der Waals surface area contributed by atoms with Crippen molar-refractivity contribution in [3.8, 4) is 23.0 Å². The van der Waals surface area contributed by atoms with E-state index in [4.69, 9.17) is 9.47 Å². The normalized spacial score (nSPS) is 12.7. The molecule has 12 nitrogen and oxygen atoms in total. The van der Waals surface area contributed by atoms with E-state index in [2.05, 4.69) is 42.0 Å². The minimum absolute atomic E-state index is 0.0234. The zero-order valence-electron chi connectivity index (χ0n) is 40.7. The highest BCUT2D eigenvalue weighted by atomic mass is 16.5. The van der Waals surface area contributed by atoms with Gasteiger partial charge >= 0.3 is 0 Å². The molecule has 0 saturated carbocycles. The number of Topliss-reactive ketones (excluding diaryl/α,β-unsaturated/α-hetero) is 2. The molecule has 0 unspecified atom stereocenters. The predicted molar refractivity (Wildman–Crippen MR) is 268 cm³/mol. The Morgan fingerprint density at radius 3 is 1.35 bits per heavy atom. The molecule has 4 atom stereocenters. The predicted octanol–water partition coefficient (Wildman–Crippen LogP) is 11.2. The van der Waals surface area contributed by atoms with Crippen molar-refractivity contribution < 1.29 is 38.2 Å². The molecule has 4 N–H and O–H groups in total. The molecule has 68 heavy (non-hydrogen) atoms. The van der Waals surface area contributed by atoms with Crippen LogP contribution >= 0.6 is 0 Å². The van der Waals surface area contributed by atoms with Gasteiger partial charge < -0.3 is 30.7 Å². The van der Waals surface area contributed by atoms with Gasteiger partial charge in [0.15, 0.2) is 11.6 Å². The highest BCUT2D eigenvalue weighted by Crippen LogP contribution is 2.24. The molecule has 0 aliphatic carbocycles. The number of nitrogens with one attached hydrogen (secondary N) is 4. The van der Waals surface area contributed by atoms with Crippen molar-refractivity contribution in [2.75, 3.05) is 6.54 Å². The lowest BCUT2D eigenvalue weighted by Crippen LogP contribution is -2.52. The first kappa shape index (κ1) is 54.3. The minimum Gasteiger partial charge on any atom is -0.457 e. The Balaban J connectivity index is 1.46. The Morgan fingerprint density at radius 1 is 0.426 bits per heavy atom. The van der Waals surface area contributed by atoms with Crippen LogP contribution in [0.1, 0.15) is 158 Å². The van der Waals surface area contributed by atoms with Gasteiger partial charge in [-0.2, -0.15) is 0 Å². The van der Waals surface area contributed by atoms with E-state index in [1.54, 1.807) is 55.5 Å². The second-order valence-electron chi connectivity index (χ2n) is 17.5. The summed E-state index contributed by atoms with van der Waals surface area (Å²) in [5.74, 6) is 0.0282. The van der Waals surface area contributed by atoms with Crippen molar-refractivity contribution in [1.29, 1.82) is 0 Å². The molecule has 4 aromatic rings. The molecule has 0 saturated heterocycles. The smallest absolute Gasteiger partial charge is 0.251 e. The summed E-state index contributed by atoms with van der Waals surface area (Å²) in [4.78, 5) is 82.2. The summed E-state index contributed by atoms with van der Waals surface area (Å²) in [5.41, 5.74) is 0.793. The third-order valence-electron chi connectivity index (χ3n) is 11.9. The molecular formula is C56H74N4O8. The van der Waals surface area contributed by atoms with Crippen LogP contribution in [0.15, 0.2) is 109 Å². The lowest BCUT2D eigenvalue weighted by molar-refractivity contribution is -0.134. The molecule has 0 radical (unpaired) electrons. The first-order chi connectivity index (χ1) is 33.0. The maximum absolute atomic E-state index is 14.3. The topological polar surface area (TPSA) is 169 Å². The van der Waals surface area contributed by atoms with E-state index < -0.39 is 35.9 Å². The van der Waals surface area contributed by atoms with Gasteiger partial charge in [-0.25, -0.2) is 0 Å². The number of hydrogen-bond acceptors (Lipinski definition) is 8. The summed E-state index contributed by atoms with van der Waals surface area (Å²) in [6, 6.07) is 29.7. The van der Waals surface area contributed by atoms with Crippen LogP contribution in [0.25, 0.3) is 0 Å². The van der Waals surface area contributed by atoms with E-state index in [9.17, 15) is 28.8 Å². The summed E-state index contributed by atoms with van der Waals surface area (Å²) in [5, 5.41) is 11.9. The van der Waals surface area contributed by atoms with Crippen LogP contribution in [0.3, 0.4) is 0 Å². The summed E-state index contributed by atoms with van der Waals surface area (Å²) >= 11 is 0. The van der Waals surface area contributed by atoms with Gasteiger partial charge in [0.25, 0.3) is 11.8 Å². The van der Waals surface area contributed by atoms with Gasteiger partial charge in [-0.3, -0.25) is 28.8 Å². The first-order valence-corrected chi connectivity index (χ1v) is 25.0. The van der Waals surface area contributed by atoms with Gasteiger partial charge in [-0.05, 0) is 111 Å². The van der Waals surface area contributed by atoms with E-state index in [-0.39, 0.29) is 36.2 Å². The van der Waals surface area contributed by atoms with E-state index in [0.717, 1.165) is 51.4 Å². The Bertz CT molecular complexity index is 2130. The number of amides is 4. The summed E-state index contributed by atoms with van der Waals surface area (Å²) < 4.78 is 11.8. The van der Waals surface area contributed by atoms with Crippen LogP contribution in [0, 0.1) is 5.92 Å². The van der Waals surface area contributed by atoms with Crippen LogP contribution in [0.2, 0.25) is 0 Å². The molecule has 0 fully saturated rings. The molecule has 0 aliphatic heterocycles. The van der Waals surface area contributed by atoms with Gasteiger partial charge in [-0.15, -0.1) is 0 Å². The van der Waals surface area contributed by atoms with E-state index >= 15 is 0 Å². The molecule has 4 rings (SSSR count). The third kappa shape index (κ3) is 19.5. The molecule has 0 spiro atoms. The highest BCUT2D eigenvalue weighted by molar-refractivity contribution is 5.99. The van der Waals surface area contributed by atoms with Crippen molar-refractivity contribution in [3.63, 3.8) is 0 Å². The van der Waals surface area contributed by atoms with E-state index in [1.165, 1.54) is 0 Å². The Labute approximate surface area is 404 Å². The largest absolute Gasteiger partial charge is 0.457 e. The fraction of sp³-hybridized carbons (Fsp3) is 0.464. The Hall–Kier alpha value is -6.30. The number of para-hydroxylation sites is 2. The van der Waals surface area contributed by atoms with Crippen molar-refractivity contribution in [3.05, 3.63) is 120 Å². The Kier molecular flexibility index (Phi) is 24.7. The number of ether oxygens (including phenoxy) is 2. The quantitative estimate of drug-likeness (QED) is 0.0342.